The highest BCUT2D eigenvalue weighted by Crippen LogP contribution is 2.42. The lowest BCUT2D eigenvalue weighted by molar-refractivity contribution is 0.168. The summed E-state index contributed by atoms with van der Waals surface area (Å²) in [5.41, 5.74) is 1.34. The van der Waals surface area contributed by atoms with E-state index in [1.807, 2.05) is 24.3 Å². The third-order valence-electron chi connectivity index (χ3n) is 3.28. The molecular formula is C17H14ClFN2O2S. The van der Waals surface area contributed by atoms with Crippen molar-refractivity contribution in [2.24, 2.45) is 0 Å². The number of carbonyl (C=O) groups is 1. The van der Waals surface area contributed by atoms with Crippen LogP contribution in [-0.2, 0) is 4.74 Å². The molecule has 0 radical (unpaired) electrons. The highest BCUT2D eigenvalue weighted by molar-refractivity contribution is 7.23. The van der Waals surface area contributed by atoms with Gasteiger partial charge < -0.3 is 10.1 Å². The van der Waals surface area contributed by atoms with Gasteiger partial charge in [0, 0.05) is 15.8 Å². The van der Waals surface area contributed by atoms with Crippen LogP contribution in [0.1, 0.15) is 6.92 Å². The molecule has 0 bridgehead atoms. The summed E-state index contributed by atoms with van der Waals surface area (Å²) in [4.78, 5) is 11.8. The third-order valence-corrected chi connectivity index (χ3v) is 4.65. The van der Waals surface area contributed by atoms with E-state index in [1.54, 1.807) is 13.0 Å². The second-order valence-electron chi connectivity index (χ2n) is 4.90. The number of halogens is 2. The van der Waals surface area contributed by atoms with E-state index in [0.29, 0.717) is 16.4 Å². The van der Waals surface area contributed by atoms with Gasteiger partial charge in [0.25, 0.3) is 0 Å². The molecule has 2 N–H and O–H groups in total. The largest absolute Gasteiger partial charge is 0.450 e. The number of nitrogens with one attached hydrogen (secondary N) is 2. The first kappa shape index (κ1) is 16.5. The number of hydrogen-bond donors (Lipinski definition) is 2. The van der Waals surface area contributed by atoms with Crippen molar-refractivity contribution < 1.29 is 13.9 Å². The number of anilines is 3. The van der Waals surface area contributed by atoms with Gasteiger partial charge in [0.15, 0.2) is 0 Å². The molecule has 2 aromatic carbocycles. The van der Waals surface area contributed by atoms with Gasteiger partial charge in [0.05, 0.1) is 17.3 Å². The molecule has 0 saturated heterocycles. The number of benzene rings is 2. The smallest absolute Gasteiger partial charge is 0.412 e. The lowest BCUT2D eigenvalue weighted by Gasteiger charge is -2.10. The predicted molar refractivity (Wildman–Crippen MR) is 97.2 cm³/mol. The van der Waals surface area contributed by atoms with Crippen molar-refractivity contribution in [3.05, 3.63) is 53.3 Å². The summed E-state index contributed by atoms with van der Waals surface area (Å²) in [5, 5.41) is 7.52. The number of thiophene rings is 1. The molecule has 1 amide bonds. The fraction of sp³-hybridized carbons (Fsp3) is 0.118. The molecule has 0 aliphatic rings. The summed E-state index contributed by atoms with van der Waals surface area (Å²) >= 11 is 7.26. The zero-order valence-electron chi connectivity index (χ0n) is 12.7. The Hall–Kier alpha value is -2.31. The van der Waals surface area contributed by atoms with E-state index in [9.17, 15) is 9.18 Å². The highest BCUT2D eigenvalue weighted by atomic mass is 35.5. The Balaban J connectivity index is 2.00. The van der Waals surface area contributed by atoms with Crippen LogP contribution in [0, 0.1) is 5.82 Å². The second-order valence-corrected chi connectivity index (χ2v) is 6.36. The molecule has 1 aromatic heterocycles. The summed E-state index contributed by atoms with van der Waals surface area (Å²) in [6.07, 6.45) is -0.524. The summed E-state index contributed by atoms with van der Waals surface area (Å²) in [6.45, 7) is 2.03. The Morgan fingerprint density at radius 2 is 2.08 bits per heavy atom. The summed E-state index contributed by atoms with van der Waals surface area (Å²) < 4.78 is 19.3. The van der Waals surface area contributed by atoms with Crippen LogP contribution >= 0.6 is 22.9 Å². The molecule has 0 aliphatic carbocycles. The molecule has 7 heteroatoms. The number of ether oxygens (including phenoxy) is 1. The van der Waals surface area contributed by atoms with Crippen molar-refractivity contribution >= 4 is 55.5 Å². The van der Waals surface area contributed by atoms with E-state index in [-0.39, 0.29) is 11.6 Å². The van der Waals surface area contributed by atoms with Crippen molar-refractivity contribution in [1.29, 1.82) is 0 Å². The molecule has 0 atom stereocenters. The fourth-order valence-electron chi connectivity index (χ4n) is 2.24. The summed E-state index contributed by atoms with van der Waals surface area (Å²) in [6, 6.07) is 12.1. The molecule has 0 saturated carbocycles. The molecule has 0 aliphatic heterocycles. The average molecular weight is 365 g/mol. The molecule has 1 heterocycles. The second kappa shape index (κ2) is 7.07. The minimum absolute atomic E-state index is 0.0273. The summed E-state index contributed by atoms with van der Waals surface area (Å²) in [7, 11) is 0. The number of amides is 1. The Bertz CT molecular complexity index is 897. The van der Waals surface area contributed by atoms with Gasteiger partial charge in [-0.25, -0.2) is 9.18 Å². The normalized spacial score (nSPS) is 10.6. The third kappa shape index (κ3) is 3.44. The lowest BCUT2D eigenvalue weighted by atomic mass is 10.2. The van der Waals surface area contributed by atoms with E-state index in [0.717, 1.165) is 10.1 Å². The van der Waals surface area contributed by atoms with E-state index in [2.05, 4.69) is 10.6 Å². The number of carbonyl (C=O) groups excluding carboxylic acids is 1. The van der Waals surface area contributed by atoms with Crippen LogP contribution in [-0.4, -0.2) is 12.7 Å². The standard InChI is InChI=1S/C17H14ClFN2O2S/c1-2-23-17(22)21-16-15(11-5-3-4-6-14(11)24-16)20-10-7-8-13(19)12(18)9-10/h3-9,20H,2H2,1H3,(H,21,22). The maximum absolute atomic E-state index is 13.3. The Morgan fingerprint density at radius 3 is 2.83 bits per heavy atom. The van der Waals surface area contributed by atoms with Crippen molar-refractivity contribution in [3.8, 4) is 0 Å². The van der Waals surface area contributed by atoms with Crippen molar-refractivity contribution in [1.82, 2.24) is 0 Å². The van der Waals surface area contributed by atoms with Gasteiger partial charge in [0.2, 0.25) is 0 Å². The fourth-order valence-corrected chi connectivity index (χ4v) is 3.46. The van der Waals surface area contributed by atoms with Gasteiger partial charge in [-0.15, -0.1) is 11.3 Å². The SMILES string of the molecule is CCOC(=O)Nc1sc2ccccc2c1Nc1ccc(F)c(Cl)c1. The first-order chi connectivity index (χ1) is 11.6. The minimum Gasteiger partial charge on any atom is -0.450 e. The molecule has 0 fully saturated rings. The molecule has 0 spiro atoms. The van der Waals surface area contributed by atoms with E-state index in [1.165, 1.54) is 23.5 Å². The van der Waals surface area contributed by atoms with Crippen LogP contribution in [0.3, 0.4) is 0 Å². The molecular weight excluding hydrogens is 351 g/mol. The maximum Gasteiger partial charge on any atom is 0.412 e. The average Bonchev–Trinajstić information content (AvgIpc) is 2.89. The zero-order valence-corrected chi connectivity index (χ0v) is 14.3. The molecule has 124 valence electrons. The molecule has 3 aromatic rings. The van der Waals surface area contributed by atoms with Crippen molar-refractivity contribution in [3.63, 3.8) is 0 Å². The first-order valence-electron chi connectivity index (χ1n) is 7.26. The summed E-state index contributed by atoms with van der Waals surface area (Å²) in [5.74, 6) is -0.484. The number of rotatable bonds is 4. The topological polar surface area (TPSA) is 50.4 Å². The highest BCUT2D eigenvalue weighted by Gasteiger charge is 2.15. The Morgan fingerprint density at radius 1 is 1.29 bits per heavy atom. The Labute approximate surface area is 147 Å². The lowest BCUT2D eigenvalue weighted by Crippen LogP contribution is -2.13. The monoisotopic (exact) mass is 364 g/mol. The maximum atomic E-state index is 13.3. The van der Waals surface area contributed by atoms with Crippen LogP contribution < -0.4 is 10.6 Å². The van der Waals surface area contributed by atoms with Gasteiger partial charge in [0.1, 0.15) is 10.8 Å². The van der Waals surface area contributed by atoms with Crippen molar-refractivity contribution in [2.45, 2.75) is 6.92 Å². The quantitative estimate of drug-likeness (QED) is 0.596. The van der Waals surface area contributed by atoms with Crippen molar-refractivity contribution in [2.75, 3.05) is 17.2 Å². The van der Waals surface area contributed by atoms with Gasteiger partial charge in [-0.1, -0.05) is 29.8 Å². The molecule has 24 heavy (non-hydrogen) atoms. The van der Waals surface area contributed by atoms with Gasteiger partial charge in [-0.05, 0) is 31.2 Å². The van der Waals surface area contributed by atoms with Crippen LogP contribution in [0.15, 0.2) is 42.5 Å². The number of hydrogen-bond acceptors (Lipinski definition) is 4. The first-order valence-corrected chi connectivity index (χ1v) is 8.45. The van der Waals surface area contributed by atoms with Crippen LogP contribution in [0.5, 0.6) is 0 Å². The van der Waals surface area contributed by atoms with Crippen LogP contribution in [0.4, 0.5) is 25.6 Å². The Kier molecular flexibility index (Phi) is 4.87. The van der Waals surface area contributed by atoms with Crippen LogP contribution in [0.25, 0.3) is 10.1 Å². The predicted octanol–water partition coefficient (Wildman–Crippen LogP) is 6.01. The minimum atomic E-state index is -0.524. The van der Waals surface area contributed by atoms with Gasteiger partial charge in [-0.3, -0.25) is 5.32 Å². The van der Waals surface area contributed by atoms with Crippen LogP contribution in [0.2, 0.25) is 5.02 Å². The zero-order chi connectivity index (χ0) is 17.1. The van der Waals surface area contributed by atoms with E-state index >= 15 is 0 Å². The molecule has 0 unspecified atom stereocenters. The van der Waals surface area contributed by atoms with Gasteiger partial charge >= 0.3 is 6.09 Å². The molecule has 3 rings (SSSR count). The van der Waals surface area contributed by atoms with E-state index < -0.39 is 11.9 Å². The van der Waals surface area contributed by atoms with E-state index in [4.69, 9.17) is 16.3 Å². The number of fused-ring (bicyclic) bond motifs is 1. The molecule has 4 nitrogen and oxygen atoms in total. The van der Waals surface area contributed by atoms with Gasteiger partial charge in [-0.2, -0.15) is 0 Å².